The van der Waals surface area contributed by atoms with Gasteiger partial charge in [0.2, 0.25) is 5.60 Å². The Morgan fingerprint density at radius 3 is 2.59 bits per heavy atom. The third-order valence-corrected chi connectivity index (χ3v) is 6.21. The van der Waals surface area contributed by atoms with E-state index in [9.17, 15) is 20.1 Å². The van der Waals surface area contributed by atoms with Crippen LogP contribution < -0.4 is 15.4 Å². The number of thiazole rings is 1. The molecule has 3 aromatic rings. The van der Waals surface area contributed by atoms with E-state index in [-0.39, 0.29) is 29.5 Å². The molecule has 0 saturated heterocycles. The van der Waals surface area contributed by atoms with Crippen molar-refractivity contribution in [1.82, 2.24) is 9.97 Å². The van der Waals surface area contributed by atoms with Crippen molar-refractivity contribution in [2.75, 3.05) is 12.3 Å². The average molecular weight is 414 g/mol. The summed E-state index contributed by atoms with van der Waals surface area (Å²) < 4.78 is 1.67. The third kappa shape index (κ3) is 3.84. The molecule has 0 bridgehead atoms. The number of carboxylic acid groups (broad SMARTS) is 1. The van der Waals surface area contributed by atoms with Gasteiger partial charge in [0, 0.05) is 31.7 Å². The average Bonchev–Trinajstić information content (AvgIpc) is 3.00. The van der Waals surface area contributed by atoms with Crippen molar-refractivity contribution >= 4 is 23.1 Å². The number of benzene rings is 1. The molecule has 3 rings (SSSR count). The van der Waals surface area contributed by atoms with Crippen LogP contribution in [0.4, 0.5) is 5.82 Å². The summed E-state index contributed by atoms with van der Waals surface area (Å²) in [5.41, 5.74) is 5.14. The number of nitrogens with two attached hydrogens (primary N) is 1. The molecule has 0 fully saturated rings. The minimum absolute atomic E-state index is 0.105. The van der Waals surface area contributed by atoms with Crippen LogP contribution in [-0.2, 0) is 23.4 Å². The smallest absolute Gasteiger partial charge is 0.281 e. The zero-order chi connectivity index (χ0) is 21.2. The lowest BCUT2D eigenvalue weighted by Crippen LogP contribution is -2.54. The zero-order valence-corrected chi connectivity index (χ0v) is 16.9. The highest BCUT2D eigenvalue weighted by molar-refractivity contribution is 7.11. The molecule has 4 N–H and O–H groups in total. The number of carbonyl (C=O) groups is 1. The van der Waals surface area contributed by atoms with Gasteiger partial charge in [-0.2, -0.15) is 4.57 Å². The highest BCUT2D eigenvalue weighted by Crippen LogP contribution is 2.33. The fourth-order valence-electron chi connectivity index (χ4n) is 3.15. The molecule has 1 aromatic carbocycles. The molecule has 1 unspecified atom stereocenters. The predicted molar refractivity (Wildman–Crippen MR) is 105 cm³/mol. The van der Waals surface area contributed by atoms with Gasteiger partial charge in [-0.25, -0.2) is 9.97 Å². The number of hydrogen-bond acceptors (Lipinski definition) is 8. The van der Waals surface area contributed by atoms with E-state index < -0.39 is 11.6 Å². The fraction of sp³-hybridized carbons (Fsp3) is 0.300. The van der Waals surface area contributed by atoms with E-state index in [1.54, 1.807) is 42.8 Å². The number of aromatic nitrogens is 3. The number of aryl methyl sites for hydroxylation is 1. The lowest BCUT2D eigenvalue weighted by atomic mass is 9.94. The van der Waals surface area contributed by atoms with Crippen LogP contribution in [0.5, 0.6) is 0 Å². The molecule has 29 heavy (non-hydrogen) atoms. The van der Waals surface area contributed by atoms with E-state index in [0.29, 0.717) is 17.8 Å². The van der Waals surface area contributed by atoms with Crippen LogP contribution in [0.3, 0.4) is 0 Å². The van der Waals surface area contributed by atoms with Gasteiger partial charge in [-0.1, -0.05) is 41.7 Å². The van der Waals surface area contributed by atoms with E-state index in [0.717, 1.165) is 21.9 Å². The van der Waals surface area contributed by atoms with Gasteiger partial charge >= 0.3 is 0 Å². The number of carbonyl (C=O) groups excluding carboxylic acids is 1. The number of aliphatic hydroxyl groups excluding tert-OH is 1. The highest BCUT2D eigenvalue weighted by atomic mass is 32.1. The van der Waals surface area contributed by atoms with E-state index in [4.69, 9.17) is 5.73 Å². The summed E-state index contributed by atoms with van der Waals surface area (Å²) in [6.07, 6.45) is 1.91. The second-order valence-corrected chi connectivity index (χ2v) is 7.75. The maximum atomic E-state index is 12.2. The quantitative estimate of drug-likeness (QED) is 0.447. The molecule has 0 aliphatic rings. The summed E-state index contributed by atoms with van der Waals surface area (Å²) in [7, 11) is 0. The molecule has 152 valence electrons. The van der Waals surface area contributed by atoms with Gasteiger partial charge in [0.05, 0.1) is 16.4 Å². The van der Waals surface area contributed by atoms with Crippen LogP contribution in [0.25, 0.3) is 0 Å². The number of carboxylic acids is 1. The molecule has 0 aliphatic heterocycles. The van der Waals surface area contributed by atoms with Crippen molar-refractivity contribution < 1.29 is 24.7 Å². The van der Waals surface area contributed by atoms with Gasteiger partial charge in [0.15, 0.2) is 12.2 Å². The molecular formula is C20H22N4O4S. The largest absolute Gasteiger partial charge is 0.546 e. The second kappa shape index (κ2) is 8.24. The Bertz CT molecular complexity index is 1040. The minimum atomic E-state index is -2.37. The Balaban J connectivity index is 2.21. The molecule has 0 spiro atoms. The predicted octanol–water partition coefficient (Wildman–Crippen LogP) is -0.406. The number of nitrogen functional groups attached to an aromatic ring is 1. The SMILES string of the molecule is Cc1ncc(C[n+]2c(C(O)(C(=O)[O-])c3ccccc3)sc(CCO)c2C)c(N)n1. The van der Waals surface area contributed by atoms with Crippen LogP contribution in [0, 0.1) is 13.8 Å². The molecule has 9 heteroatoms. The Morgan fingerprint density at radius 1 is 1.31 bits per heavy atom. The minimum Gasteiger partial charge on any atom is -0.546 e. The zero-order valence-electron chi connectivity index (χ0n) is 16.1. The normalized spacial score (nSPS) is 13.2. The van der Waals surface area contributed by atoms with Crippen molar-refractivity contribution in [3.05, 3.63) is 69.1 Å². The van der Waals surface area contributed by atoms with Crippen LogP contribution in [0.1, 0.15) is 32.5 Å². The number of rotatable bonds is 7. The number of hydrogen-bond donors (Lipinski definition) is 3. The lowest BCUT2D eigenvalue weighted by molar-refractivity contribution is -0.701. The van der Waals surface area contributed by atoms with Gasteiger partial charge in [0.1, 0.15) is 11.6 Å². The number of nitrogens with zero attached hydrogens (tertiary/aromatic N) is 3. The van der Waals surface area contributed by atoms with Crippen LogP contribution >= 0.6 is 11.3 Å². The molecule has 0 radical (unpaired) electrons. The van der Waals surface area contributed by atoms with Gasteiger partial charge < -0.3 is 25.8 Å². The fourth-order valence-corrected chi connectivity index (χ4v) is 4.50. The van der Waals surface area contributed by atoms with Crippen LogP contribution in [0.15, 0.2) is 36.5 Å². The summed E-state index contributed by atoms with van der Waals surface area (Å²) in [5.74, 6) is -0.834. The maximum absolute atomic E-state index is 12.2. The monoisotopic (exact) mass is 414 g/mol. The highest BCUT2D eigenvalue weighted by Gasteiger charge is 2.45. The molecule has 2 aromatic heterocycles. The number of anilines is 1. The first kappa shape index (κ1) is 20.8. The Labute approximate surface area is 171 Å². The summed E-state index contributed by atoms with van der Waals surface area (Å²) in [5, 5.41) is 33.0. The second-order valence-electron chi connectivity index (χ2n) is 6.67. The van der Waals surface area contributed by atoms with Gasteiger partial charge in [-0.3, -0.25) is 0 Å². The summed E-state index contributed by atoms with van der Waals surface area (Å²) in [6.45, 7) is 3.58. The van der Waals surface area contributed by atoms with Crippen molar-refractivity contribution in [3.8, 4) is 0 Å². The topological polar surface area (TPSA) is 136 Å². The van der Waals surface area contributed by atoms with E-state index in [1.807, 2.05) is 0 Å². The van der Waals surface area contributed by atoms with Gasteiger partial charge in [-0.05, 0) is 6.92 Å². The summed E-state index contributed by atoms with van der Waals surface area (Å²) in [4.78, 5) is 21.2. The van der Waals surface area contributed by atoms with Crippen LogP contribution in [-0.4, -0.2) is 32.8 Å². The number of aliphatic hydroxyl groups is 2. The molecule has 0 saturated carbocycles. The first-order valence-electron chi connectivity index (χ1n) is 8.99. The molecule has 8 nitrogen and oxygen atoms in total. The van der Waals surface area contributed by atoms with E-state index in [1.165, 1.54) is 12.1 Å². The first-order chi connectivity index (χ1) is 13.8. The van der Waals surface area contributed by atoms with Crippen molar-refractivity contribution in [2.45, 2.75) is 32.4 Å². The van der Waals surface area contributed by atoms with Crippen molar-refractivity contribution in [1.29, 1.82) is 0 Å². The molecule has 2 heterocycles. The Kier molecular flexibility index (Phi) is 5.92. The van der Waals surface area contributed by atoms with Crippen molar-refractivity contribution in [2.24, 2.45) is 0 Å². The number of aliphatic carboxylic acids is 1. The Hall–Kier alpha value is -2.88. The molecule has 1 atom stereocenters. The third-order valence-electron chi connectivity index (χ3n) is 4.76. The maximum Gasteiger partial charge on any atom is 0.281 e. The lowest BCUT2D eigenvalue weighted by Gasteiger charge is -2.25. The first-order valence-corrected chi connectivity index (χ1v) is 9.81. The van der Waals surface area contributed by atoms with Crippen molar-refractivity contribution in [3.63, 3.8) is 0 Å². The molecule has 0 aliphatic carbocycles. The van der Waals surface area contributed by atoms with Gasteiger partial charge in [0.25, 0.3) is 5.01 Å². The standard InChI is InChI=1S/C20H22N4O4S/c1-12-16(8-9-25)29-18(20(28,19(26)27)15-6-4-3-5-7-15)24(12)11-14-10-22-13(2)23-17(14)21/h3-7,10,25,28H,8-9,11H2,1-2H3,(H2-,21,22,23,26,27). The Morgan fingerprint density at radius 2 is 2.00 bits per heavy atom. The summed E-state index contributed by atoms with van der Waals surface area (Å²) >= 11 is 1.12. The van der Waals surface area contributed by atoms with E-state index >= 15 is 0 Å². The van der Waals surface area contributed by atoms with Gasteiger partial charge in [-0.15, -0.1) is 0 Å². The molecule has 0 amide bonds. The van der Waals surface area contributed by atoms with Crippen LogP contribution in [0.2, 0.25) is 0 Å². The molecular weight excluding hydrogens is 392 g/mol. The van der Waals surface area contributed by atoms with E-state index in [2.05, 4.69) is 9.97 Å². The summed E-state index contributed by atoms with van der Waals surface area (Å²) in [6, 6.07) is 8.09.